The molecule has 2 rings (SSSR count). The summed E-state index contributed by atoms with van der Waals surface area (Å²) >= 11 is 0. The molecular weight excluding hydrogens is 325 g/mol. The molecule has 0 aliphatic heterocycles. The van der Waals surface area contributed by atoms with Gasteiger partial charge in [-0.25, -0.2) is 9.18 Å². The maximum Gasteiger partial charge on any atom is 0.341 e. The summed E-state index contributed by atoms with van der Waals surface area (Å²) in [6, 6.07) is 9.49. The molecule has 0 aliphatic carbocycles. The minimum atomic E-state index is -0.907. The molecule has 0 aromatic heterocycles. The molecule has 1 amide bonds. The summed E-state index contributed by atoms with van der Waals surface area (Å²) in [5, 5.41) is 2.74. The van der Waals surface area contributed by atoms with Gasteiger partial charge in [0.05, 0.1) is 12.7 Å². The number of amides is 1. The van der Waals surface area contributed by atoms with Gasteiger partial charge in [0.2, 0.25) is 0 Å². The molecule has 0 unspecified atom stereocenters. The van der Waals surface area contributed by atoms with Crippen LogP contribution in [-0.4, -0.2) is 25.6 Å². The van der Waals surface area contributed by atoms with E-state index in [-0.39, 0.29) is 5.56 Å². The van der Waals surface area contributed by atoms with Gasteiger partial charge in [-0.2, -0.15) is 0 Å². The number of nitrogens with one attached hydrogen (secondary N) is 1. The molecule has 0 bridgehead atoms. The van der Waals surface area contributed by atoms with Crippen LogP contribution in [0, 0.1) is 12.7 Å². The minimum Gasteiger partial charge on any atom is -0.497 e. The van der Waals surface area contributed by atoms with Crippen molar-refractivity contribution >= 4 is 17.6 Å². The van der Waals surface area contributed by atoms with E-state index in [9.17, 15) is 14.0 Å². The highest BCUT2D eigenvalue weighted by Gasteiger charge is 2.16. The molecule has 132 valence electrons. The number of carbonyl (C=O) groups is 2. The smallest absolute Gasteiger partial charge is 0.341 e. The average molecular weight is 345 g/mol. The van der Waals surface area contributed by atoms with Crippen molar-refractivity contribution in [3.63, 3.8) is 0 Å². The van der Waals surface area contributed by atoms with E-state index in [1.807, 2.05) is 32.0 Å². The molecule has 0 saturated heterocycles. The number of hydrogen-bond donors (Lipinski definition) is 1. The summed E-state index contributed by atoms with van der Waals surface area (Å²) in [6.45, 7) is 3.37. The summed E-state index contributed by atoms with van der Waals surface area (Å²) in [5.74, 6) is -1.86. The van der Waals surface area contributed by atoms with Crippen molar-refractivity contribution in [2.24, 2.45) is 0 Å². The Morgan fingerprint density at radius 3 is 2.60 bits per heavy atom. The third kappa shape index (κ3) is 4.56. The number of aryl methyl sites for hydroxylation is 2. The van der Waals surface area contributed by atoms with Crippen molar-refractivity contribution in [3.8, 4) is 5.75 Å². The molecule has 0 fully saturated rings. The van der Waals surface area contributed by atoms with Gasteiger partial charge in [0.25, 0.3) is 5.91 Å². The summed E-state index contributed by atoms with van der Waals surface area (Å²) in [5.41, 5.74) is 2.36. The highest BCUT2D eigenvalue weighted by molar-refractivity contribution is 5.96. The second-order valence-electron chi connectivity index (χ2n) is 5.43. The minimum absolute atomic E-state index is 0.251. The first-order chi connectivity index (χ1) is 12.0. The Morgan fingerprint density at radius 1 is 1.20 bits per heavy atom. The molecule has 25 heavy (non-hydrogen) atoms. The Morgan fingerprint density at radius 2 is 1.96 bits per heavy atom. The van der Waals surface area contributed by atoms with Gasteiger partial charge in [0.1, 0.15) is 11.6 Å². The maximum atomic E-state index is 13.8. The number of methoxy groups -OCH3 is 1. The van der Waals surface area contributed by atoms with Crippen molar-refractivity contribution in [3.05, 3.63) is 58.9 Å². The van der Waals surface area contributed by atoms with Crippen molar-refractivity contribution < 1.29 is 23.5 Å². The molecule has 2 aromatic carbocycles. The molecular formula is C19H20FNO4. The second kappa shape index (κ2) is 8.28. The number of halogens is 1. The molecule has 2 aromatic rings. The topological polar surface area (TPSA) is 64.6 Å². The molecule has 0 saturated carbocycles. The fourth-order valence-electron chi connectivity index (χ4n) is 2.37. The van der Waals surface area contributed by atoms with Crippen molar-refractivity contribution in [2.75, 3.05) is 19.0 Å². The van der Waals surface area contributed by atoms with Crippen LogP contribution in [0.25, 0.3) is 0 Å². The standard InChI is InChI=1S/C19H20FNO4/c1-4-13-7-5-6-12(2)18(13)21-17(22)11-25-19(23)15-9-8-14(24-3)10-16(15)20/h5-10H,4,11H2,1-3H3,(H,21,22). The molecule has 0 aliphatic rings. The van der Waals surface area contributed by atoms with E-state index in [2.05, 4.69) is 5.32 Å². The quantitative estimate of drug-likeness (QED) is 0.814. The summed E-state index contributed by atoms with van der Waals surface area (Å²) in [4.78, 5) is 24.0. The Kier molecular flexibility index (Phi) is 6.11. The number of carbonyl (C=O) groups excluding carboxylic acids is 2. The maximum absolute atomic E-state index is 13.8. The van der Waals surface area contributed by atoms with E-state index in [1.165, 1.54) is 19.2 Å². The monoisotopic (exact) mass is 345 g/mol. The van der Waals surface area contributed by atoms with E-state index in [0.29, 0.717) is 11.4 Å². The normalized spacial score (nSPS) is 10.2. The van der Waals surface area contributed by atoms with Gasteiger partial charge in [-0.1, -0.05) is 25.1 Å². The fourth-order valence-corrected chi connectivity index (χ4v) is 2.37. The molecule has 5 nitrogen and oxygen atoms in total. The van der Waals surface area contributed by atoms with Gasteiger partial charge in [0.15, 0.2) is 6.61 Å². The van der Waals surface area contributed by atoms with E-state index < -0.39 is 24.3 Å². The third-order valence-electron chi connectivity index (χ3n) is 3.73. The summed E-state index contributed by atoms with van der Waals surface area (Å²) < 4.78 is 23.6. The fraction of sp³-hybridized carbons (Fsp3) is 0.263. The highest BCUT2D eigenvalue weighted by Crippen LogP contribution is 2.21. The number of para-hydroxylation sites is 1. The van der Waals surface area contributed by atoms with E-state index in [4.69, 9.17) is 9.47 Å². The predicted octanol–water partition coefficient (Wildman–Crippen LogP) is 3.50. The lowest BCUT2D eigenvalue weighted by molar-refractivity contribution is -0.119. The third-order valence-corrected chi connectivity index (χ3v) is 3.73. The zero-order valence-electron chi connectivity index (χ0n) is 14.4. The molecule has 0 atom stereocenters. The number of rotatable bonds is 6. The summed E-state index contributed by atoms with van der Waals surface area (Å²) in [6.07, 6.45) is 0.758. The van der Waals surface area contributed by atoms with E-state index >= 15 is 0 Å². The first-order valence-electron chi connectivity index (χ1n) is 7.85. The van der Waals surface area contributed by atoms with Gasteiger partial charge in [-0.15, -0.1) is 0 Å². The average Bonchev–Trinajstić information content (AvgIpc) is 2.61. The summed E-state index contributed by atoms with van der Waals surface area (Å²) in [7, 11) is 1.40. The zero-order chi connectivity index (χ0) is 18.4. The molecule has 0 spiro atoms. The van der Waals surface area contributed by atoms with Gasteiger partial charge in [-0.3, -0.25) is 4.79 Å². The van der Waals surface area contributed by atoms with Crippen LogP contribution in [0.3, 0.4) is 0 Å². The number of ether oxygens (including phenoxy) is 2. The first-order valence-corrected chi connectivity index (χ1v) is 7.85. The van der Waals surface area contributed by atoms with Crippen molar-refractivity contribution in [1.82, 2.24) is 0 Å². The number of hydrogen-bond acceptors (Lipinski definition) is 4. The molecule has 6 heteroatoms. The lowest BCUT2D eigenvalue weighted by Crippen LogP contribution is -2.22. The van der Waals surface area contributed by atoms with Crippen LogP contribution in [0.2, 0.25) is 0 Å². The Labute approximate surface area is 145 Å². The Bertz CT molecular complexity index is 789. The first kappa shape index (κ1) is 18.4. The largest absolute Gasteiger partial charge is 0.497 e. The zero-order valence-corrected chi connectivity index (χ0v) is 14.4. The van der Waals surface area contributed by atoms with Crippen molar-refractivity contribution in [2.45, 2.75) is 20.3 Å². The predicted molar refractivity (Wildman–Crippen MR) is 92.4 cm³/mol. The van der Waals surface area contributed by atoms with E-state index in [1.54, 1.807) is 0 Å². The second-order valence-corrected chi connectivity index (χ2v) is 5.43. The Hall–Kier alpha value is -2.89. The number of anilines is 1. The van der Waals surface area contributed by atoms with Gasteiger partial charge in [0, 0.05) is 11.8 Å². The van der Waals surface area contributed by atoms with Crippen LogP contribution in [0.15, 0.2) is 36.4 Å². The van der Waals surface area contributed by atoms with Gasteiger partial charge >= 0.3 is 5.97 Å². The van der Waals surface area contributed by atoms with Crippen LogP contribution in [-0.2, 0) is 16.0 Å². The highest BCUT2D eigenvalue weighted by atomic mass is 19.1. The van der Waals surface area contributed by atoms with Gasteiger partial charge in [-0.05, 0) is 36.6 Å². The van der Waals surface area contributed by atoms with Crippen LogP contribution in [0.5, 0.6) is 5.75 Å². The molecule has 1 N–H and O–H groups in total. The lowest BCUT2D eigenvalue weighted by atomic mass is 10.1. The molecule has 0 radical (unpaired) electrons. The lowest BCUT2D eigenvalue weighted by Gasteiger charge is -2.13. The number of esters is 1. The van der Waals surface area contributed by atoms with Crippen LogP contribution in [0.1, 0.15) is 28.4 Å². The Balaban J connectivity index is 2.00. The number of benzene rings is 2. The molecule has 0 heterocycles. The van der Waals surface area contributed by atoms with Crippen LogP contribution < -0.4 is 10.1 Å². The van der Waals surface area contributed by atoms with Crippen LogP contribution in [0.4, 0.5) is 10.1 Å². The van der Waals surface area contributed by atoms with Crippen LogP contribution >= 0.6 is 0 Å². The van der Waals surface area contributed by atoms with E-state index in [0.717, 1.165) is 23.6 Å². The van der Waals surface area contributed by atoms with Gasteiger partial charge < -0.3 is 14.8 Å². The van der Waals surface area contributed by atoms with Crippen molar-refractivity contribution in [1.29, 1.82) is 0 Å². The SMILES string of the molecule is CCc1cccc(C)c1NC(=O)COC(=O)c1ccc(OC)cc1F.